The van der Waals surface area contributed by atoms with Gasteiger partial charge >= 0.3 is 0 Å². The second-order valence-corrected chi connectivity index (χ2v) is 8.71. The second kappa shape index (κ2) is 4.50. The van der Waals surface area contributed by atoms with Crippen molar-refractivity contribution in [1.29, 1.82) is 0 Å². The second-order valence-electron chi connectivity index (χ2n) is 4.28. The van der Waals surface area contributed by atoms with Crippen molar-refractivity contribution >= 4 is 8.32 Å². The summed E-state index contributed by atoms with van der Waals surface area (Å²) in [5.41, 5.74) is 0. The van der Waals surface area contributed by atoms with E-state index < -0.39 is 8.32 Å². The third-order valence-corrected chi connectivity index (χ3v) is 1.98. The summed E-state index contributed by atoms with van der Waals surface area (Å²) < 4.78 is 5.65. The maximum absolute atomic E-state index is 5.65. The fourth-order valence-electron chi connectivity index (χ4n) is 0.727. The number of hydrogen-bond donors (Lipinski definition) is 0. The van der Waals surface area contributed by atoms with Crippen LogP contribution in [0.25, 0.3) is 0 Å². The first-order valence-electron chi connectivity index (χ1n) is 4.37. The third-order valence-electron chi connectivity index (χ3n) is 1.10. The Morgan fingerprint density at radius 2 is 1.83 bits per heavy atom. The largest absolute Gasteiger partial charge is 0.545 e. The Kier molecular flexibility index (Phi) is 4.32. The normalized spacial score (nSPS) is 12.5. The summed E-state index contributed by atoms with van der Waals surface area (Å²) in [5.74, 6) is 1.36. The average Bonchev–Trinajstić information content (AvgIpc) is 1.79. The minimum atomic E-state index is -1.44. The van der Waals surface area contributed by atoms with E-state index in [-0.39, 0.29) is 0 Å². The van der Waals surface area contributed by atoms with E-state index in [2.05, 4.69) is 46.1 Å². The minimum Gasteiger partial charge on any atom is -0.545 e. The van der Waals surface area contributed by atoms with Crippen LogP contribution in [-0.2, 0) is 4.43 Å². The van der Waals surface area contributed by atoms with Crippen molar-refractivity contribution in [3.63, 3.8) is 0 Å². The lowest BCUT2D eigenvalue weighted by Crippen LogP contribution is -2.24. The monoisotopic (exact) mass is 184 g/mol. The van der Waals surface area contributed by atoms with E-state index in [4.69, 9.17) is 4.43 Å². The standard InChI is InChI=1S/C10H20OSi/c1-9(2)7-8-10(3)11-12(4,5)6/h7-9H,3H2,1-2,4-6H3. The molecule has 0 N–H and O–H groups in total. The molecule has 1 nitrogen and oxygen atoms in total. The molecule has 0 heterocycles. The molecule has 0 unspecified atom stereocenters. The zero-order chi connectivity index (χ0) is 9.78. The van der Waals surface area contributed by atoms with E-state index in [9.17, 15) is 0 Å². The van der Waals surface area contributed by atoms with Gasteiger partial charge in [-0.1, -0.05) is 26.5 Å². The molecular formula is C10H20OSi. The van der Waals surface area contributed by atoms with Crippen molar-refractivity contribution in [2.24, 2.45) is 5.92 Å². The molecule has 0 aliphatic carbocycles. The summed E-state index contributed by atoms with van der Waals surface area (Å²) >= 11 is 0. The molecule has 0 fully saturated rings. The van der Waals surface area contributed by atoms with E-state index in [1.807, 2.05) is 6.08 Å². The highest BCUT2D eigenvalue weighted by molar-refractivity contribution is 6.70. The molecule has 0 amide bonds. The van der Waals surface area contributed by atoms with Gasteiger partial charge in [0.05, 0.1) is 5.76 Å². The molecule has 0 aromatic rings. The van der Waals surface area contributed by atoms with Crippen LogP contribution in [0.1, 0.15) is 13.8 Å². The van der Waals surface area contributed by atoms with Gasteiger partial charge in [0.15, 0.2) is 0 Å². The van der Waals surface area contributed by atoms with E-state index >= 15 is 0 Å². The lowest BCUT2D eigenvalue weighted by atomic mass is 10.2. The summed E-state index contributed by atoms with van der Waals surface area (Å²) in [7, 11) is -1.44. The van der Waals surface area contributed by atoms with Crippen molar-refractivity contribution < 1.29 is 4.43 Å². The molecule has 0 saturated carbocycles. The van der Waals surface area contributed by atoms with Crippen molar-refractivity contribution in [2.75, 3.05) is 0 Å². The molecule has 0 aromatic heterocycles. The van der Waals surface area contributed by atoms with Gasteiger partial charge in [0.2, 0.25) is 8.32 Å². The Bertz CT molecular complexity index is 175. The van der Waals surface area contributed by atoms with Gasteiger partial charge in [0.1, 0.15) is 0 Å². The van der Waals surface area contributed by atoms with Crippen LogP contribution < -0.4 is 0 Å². The Hall–Kier alpha value is -0.503. The SMILES string of the molecule is C=C(C=CC(C)C)O[Si](C)(C)C. The smallest absolute Gasteiger partial charge is 0.242 e. The first-order chi connectivity index (χ1) is 5.31. The zero-order valence-corrected chi connectivity index (χ0v) is 9.85. The number of hydrogen-bond acceptors (Lipinski definition) is 1. The average molecular weight is 184 g/mol. The lowest BCUT2D eigenvalue weighted by Gasteiger charge is -2.19. The fraction of sp³-hybridized carbons (Fsp3) is 0.600. The van der Waals surface area contributed by atoms with Crippen molar-refractivity contribution in [3.05, 3.63) is 24.5 Å². The molecule has 0 saturated heterocycles. The van der Waals surface area contributed by atoms with Crippen LogP contribution in [0.3, 0.4) is 0 Å². The highest BCUT2D eigenvalue weighted by atomic mass is 28.4. The molecule has 0 rings (SSSR count). The molecule has 0 spiro atoms. The molecule has 2 heteroatoms. The molecule has 0 bridgehead atoms. The van der Waals surface area contributed by atoms with E-state index in [1.54, 1.807) is 0 Å². The molecule has 0 aliphatic rings. The Morgan fingerprint density at radius 3 is 2.17 bits per heavy atom. The predicted octanol–water partition coefficient (Wildman–Crippen LogP) is 3.56. The summed E-state index contributed by atoms with van der Waals surface area (Å²) in [6.07, 6.45) is 4.06. The summed E-state index contributed by atoms with van der Waals surface area (Å²) in [4.78, 5) is 0. The quantitative estimate of drug-likeness (QED) is 0.369. The first-order valence-corrected chi connectivity index (χ1v) is 7.78. The molecule has 70 valence electrons. The van der Waals surface area contributed by atoms with E-state index in [0.717, 1.165) is 5.76 Å². The zero-order valence-electron chi connectivity index (χ0n) is 8.85. The van der Waals surface area contributed by atoms with Crippen LogP contribution >= 0.6 is 0 Å². The Morgan fingerprint density at radius 1 is 1.33 bits per heavy atom. The highest BCUT2D eigenvalue weighted by Crippen LogP contribution is 2.10. The number of rotatable bonds is 4. The topological polar surface area (TPSA) is 9.23 Å². The van der Waals surface area contributed by atoms with Crippen molar-refractivity contribution in [1.82, 2.24) is 0 Å². The molecule has 12 heavy (non-hydrogen) atoms. The maximum atomic E-state index is 5.65. The molecular weight excluding hydrogens is 164 g/mol. The fourth-order valence-corrected chi connectivity index (χ4v) is 1.58. The van der Waals surface area contributed by atoms with Gasteiger partial charge in [-0.3, -0.25) is 0 Å². The molecule has 0 atom stereocenters. The maximum Gasteiger partial charge on any atom is 0.242 e. The van der Waals surface area contributed by atoms with Crippen molar-refractivity contribution in [3.8, 4) is 0 Å². The van der Waals surface area contributed by atoms with Crippen molar-refractivity contribution in [2.45, 2.75) is 33.5 Å². The van der Waals surface area contributed by atoms with E-state index in [1.165, 1.54) is 0 Å². The van der Waals surface area contributed by atoms with Crippen LogP contribution in [0, 0.1) is 5.92 Å². The summed E-state index contributed by atoms with van der Waals surface area (Å²) in [6, 6.07) is 0. The van der Waals surface area contributed by atoms with Gasteiger partial charge in [-0.25, -0.2) is 0 Å². The van der Waals surface area contributed by atoms with Gasteiger partial charge in [-0.2, -0.15) is 0 Å². The van der Waals surface area contributed by atoms with Gasteiger partial charge in [0.25, 0.3) is 0 Å². The van der Waals surface area contributed by atoms with Gasteiger partial charge < -0.3 is 4.43 Å². The lowest BCUT2D eigenvalue weighted by molar-refractivity contribution is 0.443. The minimum absolute atomic E-state index is 0.562. The molecule has 0 aliphatic heterocycles. The van der Waals surface area contributed by atoms with Gasteiger partial charge in [-0.15, -0.1) is 0 Å². The van der Waals surface area contributed by atoms with Crippen LogP contribution in [0.2, 0.25) is 19.6 Å². The van der Waals surface area contributed by atoms with Gasteiger partial charge in [-0.05, 0) is 31.6 Å². The Labute approximate surface area is 77.3 Å². The Balaban J connectivity index is 3.91. The highest BCUT2D eigenvalue weighted by Gasteiger charge is 2.15. The summed E-state index contributed by atoms with van der Waals surface area (Å²) in [6.45, 7) is 14.6. The van der Waals surface area contributed by atoms with E-state index in [0.29, 0.717) is 5.92 Å². The first kappa shape index (κ1) is 11.5. The van der Waals surface area contributed by atoms with Gasteiger partial charge in [0, 0.05) is 0 Å². The molecule has 0 aromatic carbocycles. The van der Waals surface area contributed by atoms with Crippen LogP contribution in [-0.4, -0.2) is 8.32 Å². The van der Waals surface area contributed by atoms with Crippen LogP contribution in [0.4, 0.5) is 0 Å². The predicted molar refractivity (Wildman–Crippen MR) is 57.5 cm³/mol. The van der Waals surface area contributed by atoms with Crippen LogP contribution in [0.15, 0.2) is 24.5 Å². The summed E-state index contributed by atoms with van der Waals surface area (Å²) in [5, 5.41) is 0. The molecule has 0 radical (unpaired) electrons. The number of allylic oxidation sites excluding steroid dienone is 2. The van der Waals surface area contributed by atoms with Crippen LogP contribution in [0.5, 0.6) is 0 Å². The third kappa shape index (κ3) is 7.60.